The number of benzene rings is 9. The molecule has 63 heavy (non-hydrogen) atoms. The van der Waals surface area contributed by atoms with E-state index >= 15 is 0 Å². The average molecular weight is 804 g/mol. The molecule has 0 aliphatic carbocycles. The summed E-state index contributed by atoms with van der Waals surface area (Å²) >= 11 is 0. The quantitative estimate of drug-likeness (QED) is 0.151. The van der Waals surface area contributed by atoms with Crippen LogP contribution in [0.3, 0.4) is 0 Å². The molecule has 0 saturated heterocycles. The van der Waals surface area contributed by atoms with Crippen molar-refractivity contribution >= 4 is 43.5 Å². The van der Waals surface area contributed by atoms with E-state index in [1.807, 2.05) is 60.7 Å². The molecule has 0 amide bonds. The van der Waals surface area contributed by atoms with Crippen molar-refractivity contribution < 1.29 is 0 Å². The Morgan fingerprint density at radius 3 is 1.38 bits per heavy atom. The Bertz CT molecular complexity index is 3600. The lowest BCUT2D eigenvalue weighted by atomic mass is 9.95. The van der Waals surface area contributed by atoms with Gasteiger partial charge in [0.2, 0.25) is 0 Å². The third kappa shape index (κ3) is 6.42. The fourth-order valence-corrected chi connectivity index (χ4v) is 9.05. The van der Waals surface area contributed by atoms with Gasteiger partial charge in [-0.15, -0.1) is 0 Å². The molecule has 5 heteroatoms. The smallest absolute Gasteiger partial charge is 0.164 e. The largest absolute Gasteiger partial charge is 0.309 e. The van der Waals surface area contributed by atoms with E-state index in [0.717, 1.165) is 83.2 Å². The van der Waals surface area contributed by atoms with Gasteiger partial charge in [-0.05, 0) is 64.7 Å². The van der Waals surface area contributed by atoms with Crippen molar-refractivity contribution in [2.45, 2.75) is 0 Å². The molecule has 0 spiro atoms. The van der Waals surface area contributed by atoms with Crippen LogP contribution in [-0.4, -0.2) is 24.5 Å². The van der Waals surface area contributed by atoms with Gasteiger partial charge in [0, 0.05) is 54.9 Å². The van der Waals surface area contributed by atoms with Crippen molar-refractivity contribution in [2.75, 3.05) is 0 Å². The van der Waals surface area contributed by atoms with Crippen LogP contribution >= 0.6 is 0 Å². The molecule has 12 aromatic rings. The van der Waals surface area contributed by atoms with Crippen LogP contribution in [0.5, 0.6) is 0 Å². The predicted octanol–water partition coefficient (Wildman–Crippen LogP) is 14.7. The van der Waals surface area contributed by atoms with E-state index in [1.54, 1.807) is 0 Å². The average Bonchev–Trinajstić information content (AvgIpc) is 3.71. The SMILES string of the molecule is c1ccc(-c2nc(-c3ccccc3)nc(-c3cccc(-c4cccc(-c5ccc6c7c8c(ccc7n(-c7ccccc7)c6c5)c(-c5ccccc5)nc5ccccc58)c4)c3)n2)cc1. The van der Waals surface area contributed by atoms with Gasteiger partial charge in [-0.1, -0.05) is 182 Å². The molecule has 0 unspecified atom stereocenters. The zero-order chi connectivity index (χ0) is 41.7. The summed E-state index contributed by atoms with van der Waals surface area (Å²) in [5.41, 5.74) is 13.8. The standard InChI is InChI=1S/C58H37N5/c1-5-17-38(18-6-1)55-49-33-34-51-54(53(49)47-29-13-14-30-50(47)59-55)48-32-31-44(37-52(48)63(51)46-27-11-4-12-28-46)42-24-15-23-41(35-42)43-25-16-26-45(36-43)58-61-56(39-19-7-2-8-20-39)60-57(62-58)40-21-9-3-10-22-40/h1-37H. The molecule has 0 fully saturated rings. The summed E-state index contributed by atoms with van der Waals surface area (Å²) in [6.07, 6.45) is 0. The molecule has 294 valence electrons. The van der Waals surface area contributed by atoms with Crippen molar-refractivity contribution in [1.82, 2.24) is 24.5 Å². The Balaban J connectivity index is 1.01. The Morgan fingerprint density at radius 2 is 0.746 bits per heavy atom. The van der Waals surface area contributed by atoms with Gasteiger partial charge in [0.05, 0.1) is 22.2 Å². The molecule has 0 aliphatic heterocycles. The lowest BCUT2D eigenvalue weighted by molar-refractivity contribution is 1.07. The number of hydrogen-bond acceptors (Lipinski definition) is 4. The van der Waals surface area contributed by atoms with Gasteiger partial charge >= 0.3 is 0 Å². The van der Waals surface area contributed by atoms with Crippen LogP contribution in [0.2, 0.25) is 0 Å². The minimum atomic E-state index is 0.631. The highest BCUT2D eigenvalue weighted by atomic mass is 15.0. The molecule has 0 bridgehead atoms. The van der Waals surface area contributed by atoms with Gasteiger partial charge in [0.25, 0.3) is 0 Å². The van der Waals surface area contributed by atoms with Crippen molar-refractivity contribution in [2.24, 2.45) is 0 Å². The Morgan fingerprint density at radius 1 is 0.270 bits per heavy atom. The molecule has 0 radical (unpaired) electrons. The van der Waals surface area contributed by atoms with Crippen LogP contribution in [0.25, 0.3) is 117 Å². The van der Waals surface area contributed by atoms with Gasteiger partial charge in [-0.25, -0.2) is 19.9 Å². The number of fused-ring (bicyclic) bond motifs is 7. The number of hydrogen-bond donors (Lipinski definition) is 0. The zero-order valence-corrected chi connectivity index (χ0v) is 34.1. The number of pyridine rings is 1. The molecule has 5 nitrogen and oxygen atoms in total. The maximum Gasteiger partial charge on any atom is 0.164 e. The summed E-state index contributed by atoms with van der Waals surface area (Å²) in [4.78, 5) is 20.2. The van der Waals surface area contributed by atoms with E-state index in [-0.39, 0.29) is 0 Å². The Hall–Kier alpha value is -8.54. The first-order valence-corrected chi connectivity index (χ1v) is 21.2. The minimum absolute atomic E-state index is 0.631. The number of para-hydroxylation sites is 2. The maximum atomic E-state index is 5.25. The van der Waals surface area contributed by atoms with Crippen LogP contribution in [0.4, 0.5) is 0 Å². The van der Waals surface area contributed by atoms with E-state index in [4.69, 9.17) is 19.9 Å². The van der Waals surface area contributed by atoms with E-state index in [1.165, 1.54) is 16.2 Å². The molecule has 0 atom stereocenters. The van der Waals surface area contributed by atoms with Crippen molar-refractivity contribution in [3.8, 4) is 73.4 Å². The summed E-state index contributed by atoms with van der Waals surface area (Å²) in [5, 5.41) is 5.93. The van der Waals surface area contributed by atoms with Crippen molar-refractivity contribution in [1.29, 1.82) is 0 Å². The highest BCUT2D eigenvalue weighted by molar-refractivity contribution is 6.29. The lowest BCUT2D eigenvalue weighted by Crippen LogP contribution is -2.00. The molecule has 12 rings (SSSR count). The van der Waals surface area contributed by atoms with Gasteiger partial charge in [-0.3, -0.25) is 0 Å². The third-order valence-electron chi connectivity index (χ3n) is 12.0. The number of rotatable bonds is 7. The van der Waals surface area contributed by atoms with Gasteiger partial charge in [0.15, 0.2) is 17.5 Å². The normalized spacial score (nSPS) is 11.5. The Labute approximate surface area is 364 Å². The second-order valence-electron chi connectivity index (χ2n) is 15.8. The first kappa shape index (κ1) is 36.3. The zero-order valence-electron chi connectivity index (χ0n) is 34.1. The van der Waals surface area contributed by atoms with Crippen LogP contribution in [0.15, 0.2) is 224 Å². The summed E-state index contributed by atoms with van der Waals surface area (Å²) in [6, 6.07) is 78.8. The van der Waals surface area contributed by atoms with Gasteiger partial charge < -0.3 is 4.57 Å². The first-order valence-electron chi connectivity index (χ1n) is 21.2. The number of nitrogens with zero attached hydrogens (tertiary/aromatic N) is 5. The van der Waals surface area contributed by atoms with Crippen LogP contribution < -0.4 is 0 Å². The van der Waals surface area contributed by atoms with E-state index in [0.29, 0.717) is 17.5 Å². The third-order valence-corrected chi connectivity index (χ3v) is 12.0. The van der Waals surface area contributed by atoms with E-state index in [9.17, 15) is 0 Å². The predicted molar refractivity (Wildman–Crippen MR) is 260 cm³/mol. The van der Waals surface area contributed by atoms with Gasteiger partial charge in [-0.2, -0.15) is 0 Å². The van der Waals surface area contributed by atoms with E-state index in [2.05, 4.69) is 168 Å². The van der Waals surface area contributed by atoms with Crippen molar-refractivity contribution in [3.63, 3.8) is 0 Å². The monoisotopic (exact) mass is 803 g/mol. The highest BCUT2D eigenvalue weighted by Gasteiger charge is 2.20. The second kappa shape index (κ2) is 15.2. The molecule has 0 aliphatic rings. The van der Waals surface area contributed by atoms with Crippen LogP contribution in [0, 0.1) is 0 Å². The highest BCUT2D eigenvalue weighted by Crippen LogP contribution is 2.43. The van der Waals surface area contributed by atoms with Crippen molar-refractivity contribution in [3.05, 3.63) is 224 Å². The second-order valence-corrected chi connectivity index (χ2v) is 15.8. The fourth-order valence-electron chi connectivity index (χ4n) is 9.05. The first-order chi connectivity index (χ1) is 31.2. The molecular weight excluding hydrogens is 767 g/mol. The molecule has 9 aromatic carbocycles. The summed E-state index contributed by atoms with van der Waals surface area (Å²) < 4.78 is 2.42. The Kier molecular flexibility index (Phi) is 8.75. The summed E-state index contributed by atoms with van der Waals surface area (Å²) in [5.74, 6) is 1.92. The minimum Gasteiger partial charge on any atom is -0.309 e. The molecule has 0 saturated carbocycles. The molecule has 0 N–H and O–H groups in total. The maximum absolute atomic E-state index is 5.25. The van der Waals surface area contributed by atoms with Crippen LogP contribution in [-0.2, 0) is 0 Å². The molecule has 3 heterocycles. The topological polar surface area (TPSA) is 56.5 Å². The fraction of sp³-hybridized carbons (Fsp3) is 0. The lowest BCUT2D eigenvalue weighted by Gasteiger charge is -2.12. The molecule has 3 aromatic heterocycles. The van der Waals surface area contributed by atoms with E-state index < -0.39 is 0 Å². The van der Waals surface area contributed by atoms with Crippen LogP contribution in [0.1, 0.15) is 0 Å². The molecular formula is C58H37N5. The van der Waals surface area contributed by atoms with Gasteiger partial charge in [0.1, 0.15) is 0 Å². The summed E-state index contributed by atoms with van der Waals surface area (Å²) in [7, 11) is 0. The number of aromatic nitrogens is 5. The summed E-state index contributed by atoms with van der Waals surface area (Å²) in [6.45, 7) is 0.